The van der Waals surface area contributed by atoms with Gasteiger partial charge in [-0.25, -0.2) is 14.6 Å². The molecule has 2 N–H and O–H groups in total. The number of carboxylic acid groups (broad SMARTS) is 1. The first-order valence-corrected chi connectivity index (χ1v) is 20.5. The number of H-pyrrole nitrogens is 1. The number of hydrogen-bond acceptors (Lipinski definition) is 12. The Hall–Kier alpha value is -5.61. The number of rotatable bonds is 10. The number of pyridine rings is 1. The summed E-state index contributed by atoms with van der Waals surface area (Å²) in [5.41, 5.74) is 6.25. The third kappa shape index (κ3) is 10.7. The number of imidazole rings is 1. The Morgan fingerprint density at radius 1 is 1.02 bits per heavy atom. The zero-order valence-corrected chi connectivity index (χ0v) is 35.1. The van der Waals surface area contributed by atoms with Crippen molar-refractivity contribution in [3.8, 4) is 17.2 Å². The van der Waals surface area contributed by atoms with Crippen molar-refractivity contribution in [2.75, 3.05) is 27.9 Å². The maximum Gasteiger partial charge on any atom is 0.339 e. The van der Waals surface area contributed by atoms with E-state index in [1.807, 2.05) is 56.3 Å². The largest absolute Gasteiger partial charge is 0.497 e. The number of carboxylic acids is 1. The van der Waals surface area contributed by atoms with Crippen molar-refractivity contribution >= 4 is 62.7 Å². The van der Waals surface area contributed by atoms with Crippen LogP contribution in [0.15, 0.2) is 89.5 Å². The number of nitrogens with zero attached hydrogens (tertiary/aromatic N) is 3. The van der Waals surface area contributed by atoms with E-state index < -0.39 is 28.8 Å². The summed E-state index contributed by atoms with van der Waals surface area (Å²) in [4.78, 5) is 48.9. The predicted molar refractivity (Wildman–Crippen MR) is 222 cm³/mol. The van der Waals surface area contributed by atoms with Gasteiger partial charge in [0.05, 0.1) is 54.6 Å². The fourth-order valence-electron chi connectivity index (χ4n) is 6.27. The number of esters is 2. The first kappa shape index (κ1) is 43.5. The number of aromatic amines is 1. The average Bonchev–Trinajstić information content (AvgIpc) is 3.87. The topological polar surface area (TPSA) is 170 Å². The van der Waals surface area contributed by atoms with Gasteiger partial charge in [-0.3, -0.25) is 18.9 Å². The van der Waals surface area contributed by atoms with Crippen LogP contribution in [-0.4, -0.2) is 74.9 Å². The lowest BCUT2D eigenvalue weighted by atomic mass is 10.0. The van der Waals surface area contributed by atoms with Crippen LogP contribution >= 0.6 is 22.9 Å². The number of nitrogens with one attached hydrogen (secondary N) is 1. The highest BCUT2D eigenvalue weighted by Gasteiger charge is 2.32. The number of para-hydroxylation sites is 1. The molecule has 4 heterocycles. The van der Waals surface area contributed by atoms with Crippen molar-refractivity contribution in [2.24, 2.45) is 0 Å². The van der Waals surface area contributed by atoms with Gasteiger partial charge in [0.15, 0.2) is 5.16 Å². The highest BCUT2D eigenvalue weighted by atomic mass is 35.5. The molecule has 0 saturated carbocycles. The lowest BCUT2D eigenvalue weighted by Gasteiger charge is -2.33. The van der Waals surface area contributed by atoms with E-state index in [4.69, 9.17) is 30.9 Å². The van der Waals surface area contributed by atoms with E-state index in [9.17, 15) is 18.6 Å². The summed E-state index contributed by atoms with van der Waals surface area (Å²) in [6.07, 6.45) is 2.70. The Morgan fingerprint density at radius 2 is 1.76 bits per heavy atom. The minimum atomic E-state index is -1.33. The molecule has 3 aromatic carbocycles. The number of benzene rings is 3. The molecule has 0 bridgehead atoms. The highest BCUT2D eigenvalue weighted by molar-refractivity contribution is 7.84. The van der Waals surface area contributed by atoms with Crippen molar-refractivity contribution in [3.63, 3.8) is 0 Å². The minimum Gasteiger partial charge on any atom is -0.497 e. The summed E-state index contributed by atoms with van der Waals surface area (Å²) >= 11 is 8.07. The average molecular weight is 847 g/mol. The van der Waals surface area contributed by atoms with Crippen molar-refractivity contribution in [2.45, 2.75) is 50.7 Å². The molecule has 0 fully saturated rings. The van der Waals surface area contributed by atoms with Crippen LogP contribution in [0.4, 0.5) is 0 Å². The molecule has 304 valence electrons. The molecule has 1 aliphatic rings. The number of aryl methyl sites for hydroxylation is 1. The summed E-state index contributed by atoms with van der Waals surface area (Å²) in [7, 11) is 3.33. The molecule has 1 unspecified atom stereocenters. The van der Waals surface area contributed by atoms with Crippen molar-refractivity contribution in [1.82, 2.24) is 19.9 Å². The van der Waals surface area contributed by atoms with Gasteiger partial charge < -0.3 is 29.0 Å². The van der Waals surface area contributed by atoms with Crippen LogP contribution in [-0.2, 0) is 43.8 Å². The normalized spacial score (nSPS) is 13.1. The number of hydrogen-bond donors (Lipinski definition) is 2. The van der Waals surface area contributed by atoms with Gasteiger partial charge in [-0.05, 0) is 73.2 Å². The smallest absolute Gasteiger partial charge is 0.339 e. The Labute approximate surface area is 347 Å². The van der Waals surface area contributed by atoms with E-state index in [-0.39, 0.29) is 23.0 Å². The number of fused-ring (bicyclic) bond motifs is 2. The van der Waals surface area contributed by atoms with E-state index in [1.165, 1.54) is 36.6 Å². The molecule has 0 saturated heterocycles. The number of thiophene rings is 1. The van der Waals surface area contributed by atoms with Crippen LogP contribution in [0.25, 0.3) is 11.0 Å². The van der Waals surface area contributed by atoms with Gasteiger partial charge in [0.25, 0.3) is 0 Å². The van der Waals surface area contributed by atoms with Gasteiger partial charge in [-0.1, -0.05) is 41.9 Å². The van der Waals surface area contributed by atoms with Crippen LogP contribution in [0, 0.1) is 13.8 Å². The number of halogens is 1. The lowest BCUT2D eigenvalue weighted by molar-refractivity contribution is -0.147. The molecule has 16 heteroatoms. The Morgan fingerprint density at radius 3 is 2.45 bits per heavy atom. The van der Waals surface area contributed by atoms with Crippen LogP contribution in [0.5, 0.6) is 17.2 Å². The molecule has 0 spiro atoms. The van der Waals surface area contributed by atoms with Gasteiger partial charge in [0.2, 0.25) is 0 Å². The van der Waals surface area contributed by atoms with Crippen molar-refractivity contribution < 1.29 is 42.6 Å². The first-order valence-electron chi connectivity index (χ1n) is 17.9. The van der Waals surface area contributed by atoms with E-state index in [0.29, 0.717) is 10.2 Å². The third-order valence-electron chi connectivity index (χ3n) is 9.10. The fraction of sp³-hybridized carbons (Fsp3) is 0.262. The number of methoxy groups -OCH3 is 3. The predicted octanol–water partition coefficient (Wildman–Crippen LogP) is 7.88. The number of aromatic nitrogens is 3. The molecular formula is C42H43ClN4O9S2. The van der Waals surface area contributed by atoms with Crippen LogP contribution in [0.2, 0.25) is 5.02 Å². The van der Waals surface area contributed by atoms with Gasteiger partial charge in [-0.15, -0.1) is 11.3 Å². The standard InChI is InChI=1S/C17H19N3O3S.C16H16ClNO2S.C9H8O4/c1-10-8-18-15(11(2)16(10)23-4)9-24(21)17-19-13-6-5-12(22-3)7-14(13)20-17;1-20-16(19)15(12-4-2-3-5-13(12)17)18-8-6-14-11(10-18)7-9-21-14;1-6(10)13-8-5-3-2-4-7(8)9(11)12/h5-8H,9H2,1-4H3,(H,19,20);2-5,7,9,15H,6,8,10H2,1H3;2-5H,1H3,(H,11,12)/t;15-;/m.0./s1. The molecule has 2 atom stereocenters. The molecule has 3 aromatic heterocycles. The van der Waals surface area contributed by atoms with Gasteiger partial charge >= 0.3 is 17.9 Å². The number of aromatic carboxylic acids is 1. The second-order valence-corrected chi connectivity index (χ2v) is 15.7. The summed E-state index contributed by atoms with van der Waals surface area (Å²) in [6.45, 7) is 6.67. The maximum atomic E-state index is 12.7. The summed E-state index contributed by atoms with van der Waals surface area (Å²) < 4.78 is 33.0. The number of ether oxygens (including phenoxy) is 4. The molecule has 0 aliphatic carbocycles. The summed E-state index contributed by atoms with van der Waals surface area (Å²) in [5, 5.41) is 11.8. The van der Waals surface area contributed by atoms with Crippen molar-refractivity contribution in [1.29, 1.82) is 0 Å². The lowest BCUT2D eigenvalue weighted by Crippen LogP contribution is -2.38. The van der Waals surface area contributed by atoms with E-state index >= 15 is 0 Å². The monoisotopic (exact) mass is 846 g/mol. The van der Waals surface area contributed by atoms with Crippen LogP contribution < -0.4 is 14.2 Å². The zero-order valence-electron chi connectivity index (χ0n) is 32.7. The second kappa shape index (κ2) is 20.2. The maximum absolute atomic E-state index is 12.7. The fourth-order valence-corrected chi connectivity index (χ4v) is 8.50. The SMILES string of the molecule is CC(=O)Oc1ccccc1C(=O)O.COC(=O)[C@H](c1ccccc1Cl)N1CCc2sccc2C1.COc1ccc2nc(S(=O)Cc3ncc(C)c(OC)c3C)[nH]c2c1. The molecule has 58 heavy (non-hydrogen) atoms. The zero-order chi connectivity index (χ0) is 41.9. The first-order chi connectivity index (χ1) is 27.8. The van der Waals surface area contributed by atoms with Gasteiger partial charge in [0.1, 0.15) is 28.9 Å². The molecule has 13 nitrogen and oxygen atoms in total. The van der Waals surface area contributed by atoms with Crippen LogP contribution in [0.1, 0.15) is 56.1 Å². The van der Waals surface area contributed by atoms with Crippen LogP contribution in [0.3, 0.4) is 0 Å². The van der Waals surface area contributed by atoms with E-state index in [0.717, 1.165) is 64.4 Å². The molecular weight excluding hydrogens is 804 g/mol. The molecule has 0 amide bonds. The molecule has 6 aromatic rings. The summed E-state index contributed by atoms with van der Waals surface area (Å²) in [6, 6.07) is 20.6. The number of carbonyl (C=O) groups is 3. The molecule has 1 aliphatic heterocycles. The Balaban J connectivity index is 0.000000173. The summed E-state index contributed by atoms with van der Waals surface area (Å²) in [5.74, 6) is -0.0511. The highest BCUT2D eigenvalue weighted by Crippen LogP contribution is 2.34. The van der Waals surface area contributed by atoms with E-state index in [1.54, 1.807) is 43.9 Å². The Bertz CT molecular complexity index is 2430. The molecule has 0 radical (unpaired) electrons. The second-order valence-electron chi connectivity index (χ2n) is 12.9. The van der Waals surface area contributed by atoms with Gasteiger partial charge in [0, 0.05) is 53.3 Å². The quantitative estimate of drug-likeness (QED) is 0.101. The minimum absolute atomic E-state index is 0.0160. The Kier molecular flexibility index (Phi) is 15.1. The molecule has 7 rings (SSSR count). The van der Waals surface area contributed by atoms with E-state index in [2.05, 4.69) is 36.0 Å². The third-order valence-corrected chi connectivity index (χ3v) is 11.6. The number of carbonyl (C=O) groups excluding carboxylic acids is 2. The van der Waals surface area contributed by atoms with Crippen molar-refractivity contribution in [3.05, 3.63) is 128 Å². The van der Waals surface area contributed by atoms with Gasteiger partial charge in [-0.2, -0.15) is 0 Å².